The van der Waals surface area contributed by atoms with Crippen LogP contribution in [-0.2, 0) is 11.2 Å². The number of benzene rings is 2. The maximum Gasteiger partial charge on any atom is 0.236 e. The van der Waals surface area contributed by atoms with E-state index in [0.717, 1.165) is 49.8 Å². The maximum absolute atomic E-state index is 13.0. The number of rotatable bonds is 3. The van der Waals surface area contributed by atoms with Gasteiger partial charge in [0.25, 0.3) is 0 Å². The van der Waals surface area contributed by atoms with Crippen LogP contribution in [0.3, 0.4) is 0 Å². The first-order valence-corrected chi connectivity index (χ1v) is 10.8. The van der Waals surface area contributed by atoms with Gasteiger partial charge in [0.1, 0.15) is 5.82 Å². The molecule has 1 amide bonds. The zero-order chi connectivity index (χ0) is 19.6. The highest BCUT2D eigenvalue weighted by Gasteiger charge is 2.33. The molecule has 1 aromatic heterocycles. The predicted molar refractivity (Wildman–Crippen MR) is 116 cm³/mol. The van der Waals surface area contributed by atoms with Crippen LogP contribution >= 0.6 is 11.8 Å². The molecule has 3 heterocycles. The molecule has 0 N–H and O–H groups in total. The highest BCUT2D eigenvalue weighted by atomic mass is 32.2. The van der Waals surface area contributed by atoms with E-state index in [2.05, 4.69) is 28.1 Å². The quantitative estimate of drug-likeness (QED) is 0.671. The van der Waals surface area contributed by atoms with Crippen LogP contribution in [0.2, 0.25) is 0 Å². The van der Waals surface area contributed by atoms with E-state index in [9.17, 15) is 4.79 Å². The van der Waals surface area contributed by atoms with Crippen molar-refractivity contribution in [3.8, 4) is 11.4 Å². The van der Waals surface area contributed by atoms with Crippen molar-refractivity contribution < 1.29 is 4.79 Å². The van der Waals surface area contributed by atoms with E-state index < -0.39 is 0 Å². The third-order valence-corrected chi connectivity index (χ3v) is 6.82. The third kappa shape index (κ3) is 3.72. The summed E-state index contributed by atoms with van der Waals surface area (Å²) in [6, 6.07) is 20.3. The topological polar surface area (TPSA) is 49.3 Å². The molecule has 5 rings (SSSR count). The largest absolute Gasteiger partial charge is 0.353 e. The average Bonchev–Trinajstić information content (AvgIpc) is 3.24. The summed E-state index contributed by atoms with van der Waals surface area (Å²) in [6.07, 6.45) is 2.65. The van der Waals surface area contributed by atoms with Crippen LogP contribution < -0.4 is 4.90 Å². The number of carbonyl (C=O) groups is 1. The van der Waals surface area contributed by atoms with Gasteiger partial charge in [-0.05, 0) is 24.1 Å². The van der Waals surface area contributed by atoms with Crippen LogP contribution in [0.5, 0.6) is 0 Å². The predicted octanol–water partition coefficient (Wildman–Crippen LogP) is 3.51. The lowest BCUT2D eigenvalue weighted by molar-refractivity contribution is -0.130. The molecular weight excluding hydrogens is 380 g/mol. The monoisotopic (exact) mass is 402 g/mol. The van der Waals surface area contributed by atoms with Gasteiger partial charge in [0.15, 0.2) is 5.82 Å². The Balaban J connectivity index is 1.23. The molecule has 0 bridgehead atoms. The molecule has 3 aromatic rings. The molecule has 1 unspecified atom stereocenters. The Morgan fingerprint density at radius 2 is 1.69 bits per heavy atom. The van der Waals surface area contributed by atoms with Gasteiger partial charge in [0.05, 0.1) is 5.25 Å². The van der Waals surface area contributed by atoms with Crippen LogP contribution in [0.1, 0.15) is 5.56 Å². The number of amides is 1. The van der Waals surface area contributed by atoms with Crippen molar-refractivity contribution in [1.82, 2.24) is 14.9 Å². The zero-order valence-electron chi connectivity index (χ0n) is 16.1. The molecule has 0 saturated carbocycles. The minimum absolute atomic E-state index is 0.0164. The Morgan fingerprint density at radius 3 is 2.48 bits per heavy atom. The number of nitrogens with zero attached hydrogens (tertiary/aromatic N) is 4. The fourth-order valence-corrected chi connectivity index (χ4v) is 5.21. The van der Waals surface area contributed by atoms with Crippen LogP contribution in [0, 0.1) is 0 Å². The molecule has 1 saturated heterocycles. The van der Waals surface area contributed by atoms with Crippen molar-refractivity contribution in [2.24, 2.45) is 0 Å². The Bertz CT molecular complexity index is 993. The summed E-state index contributed by atoms with van der Waals surface area (Å²) >= 11 is 1.71. The van der Waals surface area contributed by atoms with E-state index in [-0.39, 0.29) is 11.2 Å². The number of fused-ring (bicyclic) bond motifs is 1. The number of anilines is 1. The standard InChI is InChI=1S/C23H22N4OS/c28-23(20-16-18-8-4-5-9-19(18)29-20)27-14-12-26(13-15-27)21-10-11-24-22(25-21)17-6-2-1-3-7-17/h1-11,20H,12-16H2. The summed E-state index contributed by atoms with van der Waals surface area (Å²) in [5.41, 5.74) is 2.31. The van der Waals surface area contributed by atoms with Gasteiger partial charge in [-0.1, -0.05) is 48.5 Å². The Kier molecular flexibility index (Phi) is 4.94. The Hall–Kier alpha value is -2.86. The second-order valence-electron chi connectivity index (χ2n) is 7.34. The zero-order valence-corrected chi connectivity index (χ0v) is 16.9. The highest BCUT2D eigenvalue weighted by molar-refractivity contribution is 8.01. The van der Waals surface area contributed by atoms with Gasteiger partial charge in [-0.2, -0.15) is 0 Å². The molecule has 1 fully saturated rings. The lowest BCUT2D eigenvalue weighted by Gasteiger charge is -2.36. The van der Waals surface area contributed by atoms with Gasteiger partial charge < -0.3 is 9.80 Å². The van der Waals surface area contributed by atoms with E-state index in [1.807, 2.05) is 53.6 Å². The second-order valence-corrected chi connectivity index (χ2v) is 8.58. The summed E-state index contributed by atoms with van der Waals surface area (Å²) in [6.45, 7) is 3.05. The maximum atomic E-state index is 13.0. The first kappa shape index (κ1) is 18.2. The number of hydrogen-bond acceptors (Lipinski definition) is 5. The lowest BCUT2D eigenvalue weighted by atomic mass is 10.1. The Morgan fingerprint density at radius 1 is 0.931 bits per heavy atom. The van der Waals surface area contributed by atoms with Gasteiger partial charge in [0, 0.05) is 42.8 Å². The number of hydrogen-bond donors (Lipinski definition) is 0. The molecule has 0 spiro atoms. The third-order valence-electron chi connectivity index (χ3n) is 5.51. The van der Waals surface area contributed by atoms with Gasteiger partial charge in [-0.15, -0.1) is 11.8 Å². The number of carbonyl (C=O) groups excluding carboxylic acids is 1. The van der Waals surface area contributed by atoms with Crippen molar-refractivity contribution in [3.05, 3.63) is 72.4 Å². The summed E-state index contributed by atoms with van der Waals surface area (Å²) < 4.78 is 0. The van der Waals surface area contributed by atoms with Crippen LogP contribution in [0.25, 0.3) is 11.4 Å². The molecule has 146 valence electrons. The lowest BCUT2D eigenvalue weighted by Crippen LogP contribution is -2.51. The fraction of sp³-hybridized carbons (Fsp3) is 0.261. The van der Waals surface area contributed by atoms with Crippen molar-refractivity contribution in [3.63, 3.8) is 0 Å². The summed E-state index contributed by atoms with van der Waals surface area (Å²) in [4.78, 5) is 27.7. The molecule has 5 nitrogen and oxygen atoms in total. The van der Waals surface area contributed by atoms with E-state index in [1.165, 1.54) is 10.5 Å². The van der Waals surface area contributed by atoms with Crippen LogP contribution in [0.4, 0.5) is 5.82 Å². The van der Waals surface area contributed by atoms with Gasteiger partial charge in [0.2, 0.25) is 5.91 Å². The van der Waals surface area contributed by atoms with Crippen LogP contribution in [-0.4, -0.2) is 52.2 Å². The van der Waals surface area contributed by atoms with Gasteiger partial charge in [-0.25, -0.2) is 9.97 Å². The fourth-order valence-electron chi connectivity index (χ4n) is 3.93. The molecular formula is C23H22N4OS. The molecule has 0 aliphatic carbocycles. The first-order valence-electron chi connectivity index (χ1n) is 9.95. The molecule has 1 atom stereocenters. The molecule has 2 aromatic carbocycles. The number of piperazine rings is 1. The van der Waals surface area contributed by atoms with E-state index in [0.29, 0.717) is 0 Å². The summed E-state index contributed by atoms with van der Waals surface area (Å²) in [5, 5.41) is 0.0164. The van der Waals surface area contributed by atoms with Crippen LogP contribution in [0.15, 0.2) is 71.8 Å². The van der Waals surface area contributed by atoms with Crippen molar-refractivity contribution >= 4 is 23.5 Å². The molecule has 0 radical (unpaired) electrons. The first-order chi connectivity index (χ1) is 14.3. The van der Waals surface area contributed by atoms with Crippen molar-refractivity contribution in [2.75, 3.05) is 31.1 Å². The molecule has 29 heavy (non-hydrogen) atoms. The van der Waals surface area contributed by atoms with Crippen molar-refractivity contribution in [1.29, 1.82) is 0 Å². The minimum atomic E-state index is 0.0164. The Labute approximate surface area is 174 Å². The number of aromatic nitrogens is 2. The molecule has 2 aliphatic heterocycles. The minimum Gasteiger partial charge on any atom is -0.353 e. The van der Waals surface area contributed by atoms with Gasteiger partial charge in [-0.3, -0.25) is 4.79 Å². The van der Waals surface area contributed by atoms with E-state index in [4.69, 9.17) is 4.98 Å². The second kappa shape index (κ2) is 7.87. The van der Waals surface area contributed by atoms with Crippen molar-refractivity contribution in [2.45, 2.75) is 16.6 Å². The smallest absolute Gasteiger partial charge is 0.236 e. The molecule has 2 aliphatic rings. The SMILES string of the molecule is O=C(C1Cc2ccccc2S1)N1CCN(c2ccnc(-c3ccccc3)n2)CC1. The average molecular weight is 403 g/mol. The number of thioether (sulfide) groups is 1. The van der Waals surface area contributed by atoms with Gasteiger partial charge >= 0.3 is 0 Å². The summed E-state index contributed by atoms with van der Waals surface area (Å²) in [5.74, 6) is 1.92. The molecule has 6 heteroatoms. The summed E-state index contributed by atoms with van der Waals surface area (Å²) in [7, 11) is 0. The van der Waals surface area contributed by atoms with E-state index in [1.54, 1.807) is 11.8 Å². The normalized spacial score (nSPS) is 18.6. The van der Waals surface area contributed by atoms with E-state index >= 15 is 0 Å². The highest BCUT2D eigenvalue weighted by Crippen LogP contribution is 2.37.